The van der Waals surface area contributed by atoms with Gasteiger partial charge in [0.25, 0.3) is 0 Å². The fraction of sp³-hybridized carbons (Fsp3) is 0.273. The van der Waals surface area contributed by atoms with Gasteiger partial charge in [0.15, 0.2) is 6.29 Å². The highest BCUT2D eigenvalue weighted by Gasteiger charge is 2.21. The minimum Gasteiger partial charge on any atom is -0.335 e. The van der Waals surface area contributed by atoms with Gasteiger partial charge in [-0.05, 0) is 19.1 Å². The van der Waals surface area contributed by atoms with E-state index in [-0.39, 0.29) is 0 Å². The summed E-state index contributed by atoms with van der Waals surface area (Å²) in [6, 6.07) is 3.65. The van der Waals surface area contributed by atoms with Crippen LogP contribution in [0.2, 0.25) is 0 Å². The Morgan fingerprint density at radius 1 is 1.27 bits per heavy atom. The number of carbonyl (C=O) groups is 2. The van der Waals surface area contributed by atoms with E-state index in [0.717, 1.165) is 24.1 Å². The summed E-state index contributed by atoms with van der Waals surface area (Å²) in [6.45, 7) is 3.17. The summed E-state index contributed by atoms with van der Waals surface area (Å²) in [5.74, 6) is 0. The second-order valence-electron chi connectivity index (χ2n) is 3.39. The van der Waals surface area contributed by atoms with Gasteiger partial charge >= 0.3 is 0 Å². The zero-order valence-electron chi connectivity index (χ0n) is 8.51. The predicted molar refractivity (Wildman–Crippen MR) is 56.2 cm³/mol. The number of hydrogen-bond donors (Lipinski definition) is 0. The molecule has 2 rings (SSSR count). The van der Waals surface area contributed by atoms with Crippen LogP contribution in [-0.4, -0.2) is 28.7 Å². The van der Waals surface area contributed by atoms with Gasteiger partial charge in [-0.15, -0.1) is 0 Å². The molecule has 78 valence electrons. The summed E-state index contributed by atoms with van der Waals surface area (Å²) in [5.41, 5.74) is 2.46. The SMILES string of the molecule is CC=C1c2ccc(C=O)n2CCN1C=O. The van der Waals surface area contributed by atoms with Gasteiger partial charge in [0.05, 0.1) is 17.1 Å². The number of nitrogens with zero attached hydrogens (tertiary/aromatic N) is 2. The molecule has 0 aliphatic carbocycles. The third-order valence-corrected chi connectivity index (χ3v) is 2.67. The molecule has 0 N–H and O–H groups in total. The summed E-state index contributed by atoms with van der Waals surface area (Å²) in [5, 5.41) is 0. The Kier molecular flexibility index (Phi) is 2.41. The van der Waals surface area contributed by atoms with Crippen molar-refractivity contribution in [3.05, 3.63) is 29.6 Å². The average molecular weight is 204 g/mol. The summed E-state index contributed by atoms with van der Waals surface area (Å²) in [4.78, 5) is 23.2. The molecule has 1 aliphatic rings. The molecule has 0 spiro atoms. The topological polar surface area (TPSA) is 42.3 Å². The van der Waals surface area contributed by atoms with Gasteiger partial charge in [-0.25, -0.2) is 0 Å². The second kappa shape index (κ2) is 3.73. The summed E-state index contributed by atoms with van der Waals surface area (Å²) >= 11 is 0. The van der Waals surface area contributed by atoms with Crippen LogP contribution < -0.4 is 0 Å². The van der Waals surface area contributed by atoms with E-state index in [4.69, 9.17) is 0 Å². The monoisotopic (exact) mass is 204 g/mol. The number of rotatable bonds is 2. The van der Waals surface area contributed by atoms with E-state index >= 15 is 0 Å². The van der Waals surface area contributed by atoms with Crippen molar-refractivity contribution in [2.24, 2.45) is 0 Å². The Labute approximate surface area is 87.8 Å². The lowest BCUT2D eigenvalue weighted by atomic mass is 10.2. The van der Waals surface area contributed by atoms with Gasteiger partial charge in [0.1, 0.15) is 0 Å². The number of carbonyl (C=O) groups excluding carboxylic acids is 2. The number of allylic oxidation sites excluding steroid dienone is 1. The van der Waals surface area contributed by atoms with Crippen LogP contribution in [0.3, 0.4) is 0 Å². The van der Waals surface area contributed by atoms with Gasteiger partial charge in [-0.3, -0.25) is 9.59 Å². The van der Waals surface area contributed by atoms with Crippen molar-refractivity contribution < 1.29 is 9.59 Å². The fourth-order valence-electron chi connectivity index (χ4n) is 1.96. The number of aldehydes is 1. The van der Waals surface area contributed by atoms with Crippen LogP contribution in [0.4, 0.5) is 0 Å². The quantitative estimate of drug-likeness (QED) is 0.678. The van der Waals surface area contributed by atoms with E-state index in [1.807, 2.05) is 23.6 Å². The van der Waals surface area contributed by atoms with Crippen LogP contribution in [0.15, 0.2) is 18.2 Å². The normalized spacial score (nSPS) is 17.7. The van der Waals surface area contributed by atoms with E-state index in [2.05, 4.69) is 0 Å². The summed E-state index contributed by atoms with van der Waals surface area (Å²) in [7, 11) is 0. The molecule has 0 fully saturated rings. The van der Waals surface area contributed by atoms with Gasteiger partial charge in [0, 0.05) is 13.1 Å². The van der Waals surface area contributed by atoms with Crippen molar-refractivity contribution in [3.63, 3.8) is 0 Å². The minimum absolute atomic E-state index is 0.617. The summed E-state index contributed by atoms with van der Waals surface area (Å²) < 4.78 is 1.93. The van der Waals surface area contributed by atoms with Crippen molar-refractivity contribution >= 4 is 18.4 Å². The van der Waals surface area contributed by atoms with E-state index < -0.39 is 0 Å². The highest BCUT2D eigenvalue weighted by molar-refractivity contribution is 5.79. The van der Waals surface area contributed by atoms with Crippen LogP contribution in [0, 0.1) is 0 Å². The first-order chi connectivity index (χ1) is 7.31. The molecule has 1 amide bonds. The molecule has 0 unspecified atom stereocenters. The largest absolute Gasteiger partial charge is 0.335 e. The van der Waals surface area contributed by atoms with Crippen LogP contribution in [0.25, 0.3) is 5.70 Å². The lowest BCUT2D eigenvalue weighted by Crippen LogP contribution is -2.31. The fourth-order valence-corrected chi connectivity index (χ4v) is 1.96. The molecule has 4 heteroatoms. The highest BCUT2D eigenvalue weighted by Crippen LogP contribution is 2.24. The Morgan fingerprint density at radius 3 is 2.67 bits per heavy atom. The zero-order valence-corrected chi connectivity index (χ0v) is 8.51. The lowest BCUT2D eigenvalue weighted by molar-refractivity contribution is -0.115. The Morgan fingerprint density at radius 2 is 2.07 bits per heavy atom. The number of hydrogen-bond acceptors (Lipinski definition) is 2. The van der Waals surface area contributed by atoms with E-state index in [1.54, 1.807) is 11.0 Å². The third kappa shape index (κ3) is 1.38. The molecule has 0 aromatic carbocycles. The maximum atomic E-state index is 10.8. The molecular weight excluding hydrogens is 192 g/mol. The molecule has 0 saturated carbocycles. The number of fused-ring (bicyclic) bond motifs is 1. The minimum atomic E-state index is 0.617. The standard InChI is InChI=1S/C11H12N2O2/c1-2-10-11-4-3-9(7-14)13(11)6-5-12(10)8-15/h2-4,7-8H,5-6H2,1H3. The molecule has 0 atom stereocenters. The predicted octanol–water partition coefficient (Wildman–Crippen LogP) is 1.13. The van der Waals surface area contributed by atoms with E-state index in [0.29, 0.717) is 18.8 Å². The smallest absolute Gasteiger partial charge is 0.214 e. The first kappa shape index (κ1) is 9.71. The average Bonchev–Trinajstić information content (AvgIpc) is 2.70. The van der Waals surface area contributed by atoms with Crippen LogP contribution in [-0.2, 0) is 11.3 Å². The van der Waals surface area contributed by atoms with E-state index in [1.165, 1.54) is 0 Å². The molecule has 1 aromatic heterocycles. The lowest BCUT2D eigenvalue weighted by Gasteiger charge is -2.28. The third-order valence-electron chi connectivity index (χ3n) is 2.67. The molecular formula is C11H12N2O2. The molecule has 4 nitrogen and oxygen atoms in total. The van der Waals surface area contributed by atoms with Crippen molar-refractivity contribution in [1.29, 1.82) is 0 Å². The van der Waals surface area contributed by atoms with Gasteiger partial charge in [-0.2, -0.15) is 0 Å². The molecule has 15 heavy (non-hydrogen) atoms. The Balaban J connectivity index is 2.52. The van der Waals surface area contributed by atoms with Gasteiger partial charge in [0.2, 0.25) is 6.41 Å². The zero-order chi connectivity index (χ0) is 10.8. The molecule has 0 saturated heterocycles. The van der Waals surface area contributed by atoms with Crippen LogP contribution >= 0.6 is 0 Å². The van der Waals surface area contributed by atoms with Crippen molar-refractivity contribution in [1.82, 2.24) is 9.47 Å². The first-order valence-corrected chi connectivity index (χ1v) is 4.85. The van der Waals surface area contributed by atoms with Crippen LogP contribution in [0.1, 0.15) is 23.1 Å². The Hall–Kier alpha value is -1.84. The molecule has 0 radical (unpaired) electrons. The highest BCUT2D eigenvalue weighted by atomic mass is 16.1. The number of amides is 1. The van der Waals surface area contributed by atoms with Crippen LogP contribution in [0.5, 0.6) is 0 Å². The number of aromatic nitrogens is 1. The first-order valence-electron chi connectivity index (χ1n) is 4.85. The molecule has 2 heterocycles. The van der Waals surface area contributed by atoms with Crippen molar-refractivity contribution in [2.75, 3.05) is 6.54 Å². The maximum Gasteiger partial charge on any atom is 0.214 e. The molecule has 1 aliphatic heterocycles. The molecule has 0 bridgehead atoms. The Bertz CT molecular complexity index is 432. The van der Waals surface area contributed by atoms with Gasteiger partial charge < -0.3 is 9.47 Å². The van der Waals surface area contributed by atoms with Crippen molar-refractivity contribution in [2.45, 2.75) is 13.5 Å². The van der Waals surface area contributed by atoms with Gasteiger partial charge in [-0.1, -0.05) is 6.08 Å². The van der Waals surface area contributed by atoms with E-state index in [9.17, 15) is 9.59 Å². The summed E-state index contributed by atoms with van der Waals surface area (Å²) in [6.07, 6.45) is 3.55. The molecule has 1 aromatic rings. The van der Waals surface area contributed by atoms with Crippen molar-refractivity contribution in [3.8, 4) is 0 Å². The second-order valence-corrected chi connectivity index (χ2v) is 3.39. The maximum absolute atomic E-state index is 10.8.